The summed E-state index contributed by atoms with van der Waals surface area (Å²) in [6.07, 6.45) is 7.69. The average molecular weight is 785 g/mol. The number of aromatic nitrogens is 3. The molecule has 3 aromatic carbocycles. The number of carbonyl (C=O) groups excluding carboxylic acids is 2. The maximum atomic E-state index is 12.5. The van der Waals surface area contributed by atoms with Crippen LogP contribution in [0.1, 0.15) is 31.8 Å². The lowest BCUT2D eigenvalue weighted by atomic mass is 9.90. The molecule has 3 aromatic heterocycles. The number of amides is 2. The number of carboxylic acids is 1. The zero-order valence-corrected chi connectivity index (χ0v) is 32.1. The number of hydrogen-bond acceptors (Lipinski definition) is 9. The second-order valence-corrected chi connectivity index (χ2v) is 14.4. The quantitative estimate of drug-likeness (QED) is 0.0592. The van der Waals surface area contributed by atoms with Gasteiger partial charge in [0.05, 0.1) is 22.2 Å². The van der Waals surface area contributed by atoms with Gasteiger partial charge >= 0.3 is 5.97 Å². The lowest BCUT2D eigenvalue weighted by molar-refractivity contribution is -0.119. The van der Waals surface area contributed by atoms with E-state index in [1.54, 1.807) is 60.9 Å². The van der Waals surface area contributed by atoms with Crippen molar-refractivity contribution in [2.75, 3.05) is 37.2 Å². The van der Waals surface area contributed by atoms with E-state index < -0.39 is 5.97 Å². The maximum absolute atomic E-state index is 12.5. The molecule has 6 N–H and O–H groups in total. The van der Waals surface area contributed by atoms with Gasteiger partial charge in [-0.25, -0.2) is 9.78 Å². The number of benzene rings is 4. The number of aryl methyl sites for hydroxylation is 1. The van der Waals surface area contributed by atoms with Crippen LogP contribution < -0.4 is 16.4 Å². The number of fused-ring (bicyclic) bond motifs is 3. The molecule has 0 bridgehead atoms. The number of nitrogen functional groups attached to an aromatic ring is 1. The van der Waals surface area contributed by atoms with Crippen LogP contribution in [-0.2, 0) is 11.3 Å². The molecule has 13 heteroatoms. The summed E-state index contributed by atoms with van der Waals surface area (Å²) in [4.78, 5) is 51.1. The van der Waals surface area contributed by atoms with Crippen LogP contribution in [0.15, 0.2) is 126 Å². The molecule has 1 fully saturated rings. The van der Waals surface area contributed by atoms with Crippen LogP contribution in [-0.4, -0.2) is 74.3 Å². The number of piperazine rings is 1. The topological polar surface area (TPSA) is 195 Å². The summed E-state index contributed by atoms with van der Waals surface area (Å²) in [7, 11) is 0. The van der Waals surface area contributed by atoms with Crippen molar-refractivity contribution < 1.29 is 23.9 Å². The summed E-state index contributed by atoms with van der Waals surface area (Å²) in [6.45, 7) is 6.07. The molecule has 59 heavy (non-hydrogen) atoms. The molecule has 1 aliphatic carbocycles. The zero-order valence-electron chi connectivity index (χ0n) is 32.1. The van der Waals surface area contributed by atoms with Crippen LogP contribution in [0.3, 0.4) is 0 Å². The van der Waals surface area contributed by atoms with Crippen molar-refractivity contribution in [1.29, 1.82) is 5.41 Å². The molecule has 1 saturated heterocycles. The van der Waals surface area contributed by atoms with Gasteiger partial charge in [-0.2, -0.15) is 0 Å². The van der Waals surface area contributed by atoms with E-state index in [2.05, 4.69) is 49.4 Å². The number of carbonyl (C=O) groups is 3. The predicted octanol–water partition coefficient (Wildman–Crippen LogP) is 7.42. The molecular formula is C46H40N8O5. The van der Waals surface area contributed by atoms with E-state index >= 15 is 0 Å². The van der Waals surface area contributed by atoms with Gasteiger partial charge in [-0.15, -0.1) is 0 Å². The average Bonchev–Trinajstić information content (AvgIpc) is 3.65. The Morgan fingerprint density at radius 1 is 0.915 bits per heavy atom. The first-order valence-electron chi connectivity index (χ1n) is 19.0. The minimum atomic E-state index is -0.988. The first-order valence-corrected chi connectivity index (χ1v) is 19.0. The van der Waals surface area contributed by atoms with Crippen molar-refractivity contribution in [3.05, 3.63) is 149 Å². The van der Waals surface area contributed by atoms with E-state index in [4.69, 9.17) is 15.6 Å². The van der Waals surface area contributed by atoms with Crippen molar-refractivity contribution in [2.45, 2.75) is 13.5 Å². The Morgan fingerprint density at radius 2 is 1.71 bits per heavy atom. The second-order valence-electron chi connectivity index (χ2n) is 14.4. The number of pyridine rings is 2. The van der Waals surface area contributed by atoms with Gasteiger partial charge in [-0.1, -0.05) is 42.0 Å². The number of nitrogens with zero attached hydrogens (tertiary/aromatic N) is 4. The zero-order chi connectivity index (χ0) is 41.0. The molecule has 5 heterocycles. The molecule has 2 amide bonds. The van der Waals surface area contributed by atoms with Crippen LogP contribution in [0.2, 0.25) is 0 Å². The molecule has 0 spiro atoms. The second kappa shape index (κ2) is 16.5. The third-order valence-corrected chi connectivity index (χ3v) is 10.4. The molecule has 3 aliphatic rings. The van der Waals surface area contributed by atoms with E-state index in [1.165, 1.54) is 11.8 Å². The maximum Gasteiger partial charge on any atom is 0.336 e. The van der Waals surface area contributed by atoms with Gasteiger partial charge in [-0.05, 0) is 72.1 Å². The van der Waals surface area contributed by atoms with Crippen LogP contribution in [0.25, 0.3) is 55.6 Å². The summed E-state index contributed by atoms with van der Waals surface area (Å²) < 4.78 is 5.95. The first-order chi connectivity index (χ1) is 28.6. The largest absolute Gasteiger partial charge is 0.478 e. The standard InChI is InChI=1S/C25H24N6O2.C21H16N2O3/c32-17-31-10-8-30(9-11-31)16-18-3-5-19(6-4-18)21-12-22-23(15-28-24(22)27-14-21)29-25(33)20-2-1-7-26-13-20;1-11-2-5-14(17(8-11)21(24)25)20-15-6-3-12(22)9-18(15)26-19-10-13(23)4-7-16(19)20/h1-7,12-15,17H,8-11,16H2,(H,27,28)(H,29,33);2-10,22H,23H2,1H3,(H,24,25). The van der Waals surface area contributed by atoms with Gasteiger partial charge in [0, 0.05) is 103 Å². The fourth-order valence-corrected chi connectivity index (χ4v) is 7.29. The molecule has 2 aliphatic heterocycles. The third kappa shape index (κ3) is 8.27. The van der Waals surface area contributed by atoms with Crippen molar-refractivity contribution in [3.8, 4) is 33.6 Å². The monoisotopic (exact) mass is 784 g/mol. The van der Waals surface area contributed by atoms with E-state index in [0.29, 0.717) is 44.8 Å². The summed E-state index contributed by atoms with van der Waals surface area (Å²) in [5.41, 5.74) is 15.4. The smallest absolute Gasteiger partial charge is 0.336 e. The summed E-state index contributed by atoms with van der Waals surface area (Å²) in [5, 5.41) is 22.5. The minimum absolute atomic E-state index is 0.215. The molecule has 9 rings (SSSR count). The Hall–Kier alpha value is -7.64. The first kappa shape index (κ1) is 38.2. The number of aromatic carboxylic acids is 1. The molecule has 0 saturated carbocycles. The molecule has 0 atom stereocenters. The minimum Gasteiger partial charge on any atom is -0.478 e. The number of anilines is 2. The lowest BCUT2D eigenvalue weighted by Gasteiger charge is -2.32. The van der Waals surface area contributed by atoms with Gasteiger partial charge in [-0.3, -0.25) is 19.5 Å². The van der Waals surface area contributed by atoms with Gasteiger partial charge in [0.25, 0.3) is 5.91 Å². The fourth-order valence-electron chi connectivity index (χ4n) is 7.29. The Balaban J connectivity index is 0.000000169. The van der Waals surface area contributed by atoms with E-state index in [9.17, 15) is 19.5 Å². The highest BCUT2D eigenvalue weighted by molar-refractivity contribution is 6.09. The van der Waals surface area contributed by atoms with Crippen molar-refractivity contribution in [3.63, 3.8) is 0 Å². The van der Waals surface area contributed by atoms with Crippen molar-refractivity contribution in [1.82, 2.24) is 24.8 Å². The van der Waals surface area contributed by atoms with Gasteiger partial charge in [0.1, 0.15) is 17.0 Å². The SMILES string of the molecule is Cc1ccc(-c2c3ccc(=N)cc-3oc3cc(N)ccc23)c(C(=O)O)c1.O=CN1CCN(Cc2ccc(-c3cnc4[nH]cc(NC(=O)c5cccnc5)c4c3)cc2)CC1. The van der Waals surface area contributed by atoms with Gasteiger partial charge in [0.2, 0.25) is 6.41 Å². The number of nitrogens with two attached hydrogens (primary N) is 1. The van der Waals surface area contributed by atoms with Gasteiger partial charge < -0.3 is 35.9 Å². The van der Waals surface area contributed by atoms with Crippen LogP contribution in [0.5, 0.6) is 0 Å². The highest BCUT2D eigenvalue weighted by Crippen LogP contribution is 2.41. The van der Waals surface area contributed by atoms with Crippen LogP contribution in [0.4, 0.5) is 11.4 Å². The Bertz CT molecular complexity index is 2860. The predicted molar refractivity (Wildman–Crippen MR) is 227 cm³/mol. The van der Waals surface area contributed by atoms with E-state index in [0.717, 1.165) is 77.7 Å². The Morgan fingerprint density at radius 3 is 2.46 bits per heavy atom. The molecule has 13 nitrogen and oxygen atoms in total. The molecular weight excluding hydrogens is 745 g/mol. The lowest BCUT2D eigenvalue weighted by Crippen LogP contribution is -2.45. The summed E-state index contributed by atoms with van der Waals surface area (Å²) in [5.74, 6) is -0.686. The number of H-pyrrole nitrogens is 1. The normalized spacial score (nSPS) is 12.9. The number of carboxylic acid groups (broad SMARTS) is 1. The van der Waals surface area contributed by atoms with Crippen LogP contribution >= 0.6 is 0 Å². The van der Waals surface area contributed by atoms with E-state index in [-0.39, 0.29) is 11.5 Å². The van der Waals surface area contributed by atoms with Gasteiger partial charge in [0.15, 0.2) is 0 Å². The van der Waals surface area contributed by atoms with Crippen molar-refractivity contribution >= 4 is 51.7 Å². The highest BCUT2D eigenvalue weighted by Gasteiger charge is 2.22. The van der Waals surface area contributed by atoms with E-state index in [1.807, 2.05) is 42.3 Å². The Kier molecular flexibility index (Phi) is 10.7. The summed E-state index contributed by atoms with van der Waals surface area (Å²) in [6, 6.07) is 29.7. The molecule has 294 valence electrons. The fraction of sp³-hybridized carbons (Fsp3) is 0.130. The molecule has 6 aromatic rings. The Labute approximate surface area is 338 Å². The number of rotatable bonds is 8. The number of nitrogens with one attached hydrogen (secondary N) is 3. The number of aromatic amines is 1. The van der Waals surface area contributed by atoms with Crippen molar-refractivity contribution in [2.24, 2.45) is 0 Å². The molecule has 0 unspecified atom stereocenters. The number of hydrogen-bond donors (Lipinski definition) is 5. The molecule has 0 radical (unpaired) electrons. The van der Waals surface area contributed by atoms with Crippen LogP contribution in [0, 0.1) is 12.3 Å². The summed E-state index contributed by atoms with van der Waals surface area (Å²) >= 11 is 0. The third-order valence-electron chi connectivity index (χ3n) is 10.4. The highest BCUT2D eigenvalue weighted by atomic mass is 16.4.